The Kier molecular flexibility index (Phi) is 7.77. The minimum Gasteiger partial charge on any atom is -0.350 e. The van der Waals surface area contributed by atoms with Crippen molar-refractivity contribution in [3.63, 3.8) is 0 Å². The van der Waals surface area contributed by atoms with Crippen molar-refractivity contribution in [3.05, 3.63) is 70.2 Å². The summed E-state index contributed by atoms with van der Waals surface area (Å²) in [5.41, 5.74) is 1.04. The number of carbonyl (C=O) groups excluding carboxylic acids is 4. The first-order chi connectivity index (χ1) is 16.0. The predicted molar refractivity (Wildman–Crippen MR) is 130 cm³/mol. The lowest BCUT2D eigenvalue weighted by atomic mass is 10.1. The van der Waals surface area contributed by atoms with Gasteiger partial charge in [-0.05, 0) is 57.9 Å². The lowest BCUT2D eigenvalue weighted by molar-refractivity contribution is -0.141. The molecule has 3 rings (SSSR count). The fourth-order valence-electron chi connectivity index (χ4n) is 3.84. The normalized spacial score (nSPS) is 14.1. The van der Waals surface area contributed by atoms with Gasteiger partial charge in [0, 0.05) is 30.1 Å². The Labute approximate surface area is 205 Å². The summed E-state index contributed by atoms with van der Waals surface area (Å²) >= 11 is 6.31. The van der Waals surface area contributed by atoms with Gasteiger partial charge in [-0.15, -0.1) is 0 Å². The van der Waals surface area contributed by atoms with E-state index < -0.39 is 11.6 Å². The van der Waals surface area contributed by atoms with Crippen molar-refractivity contribution in [1.82, 2.24) is 15.1 Å². The van der Waals surface area contributed by atoms with Crippen molar-refractivity contribution in [2.75, 3.05) is 6.54 Å². The molecule has 7 nitrogen and oxygen atoms in total. The minimum atomic E-state index is -0.734. The fourth-order valence-corrected chi connectivity index (χ4v) is 4.04. The van der Waals surface area contributed by atoms with Crippen LogP contribution in [0.1, 0.15) is 66.8 Å². The molecule has 1 heterocycles. The summed E-state index contributed by atoms with van der Waals surface area (Å²) in [5, 5.41) is 3.42. The highest BCUT2D eigenvalue weighted by Crippen LogP contribution is 2.23. The van der Waals surface area contributed by atoms with Crippen LogP contribution < -0.4 is 5.32 Å². The summed E-state index contributed by atoms with van der Waals surface area (Å²) < 4.78 is 0. The van der Waals surface area contributed by atoms with Gasteiger partial charge in [0.25, 0.3) is 11.8 Å². The average molecular weight is 484 g/mol. The van der Waals surface area contributed by atoms with Crippen LogP contribution in [0.3, 0.4) is 0 Å². The number of carbonyl (C=O) groups is 4. The molecule has 0 aliphatic carbocycles. The van der Waals surface area contributed by atoms with E-state index in [1.165, 1.54) is 9.80 Å². The van der Waals surface area contributed by atoms with Gasteiger partial charge in [-0.1, -0.05) is 41.9 Å². The predicted octanol–water partition coefficient (Wildman–Crippen LogP) is 4.05. The summed E-state index contributed by atoms with van der Waals surface area (Å²) in [6.45, 7) is 7.60. The summed E-state index contributed by atoms with van der Waals surface area (Å²) in [6, 6.07) is 13.1. The minimum absolute atomic E-state index is 0.0744. The Morgan fingerprint density at radius 3 is 2.12 bits per heavy atom. The number of nitrogens with one attached hydrogen (secondary N) is 1. The highest BCUT2D eigenvalue weighted by molar-refractivity contribution is 6.31. The van der Waals surface area contributed by atoms with Crippen LogP contribution in [0.15, 0.2) is 48.5 Å². The van der Waals surface area contributed by atoms with E-state index in [1.54, 1.807) is 43.3 Å². The van der Waals surface area contributed by atoms with E-state index in [0.717, 1.165) is 5.56 Å². The maximum Gasteiger partial charge on any atom is 0.261 e. The molecular weight excluding hydrogens is 454 g/mol. The number of nitrogens with zero attached hydrogens (tertiary/aromatic N) is 2. The van der Waals surface area contributed by atoms with Crippen LogP contribution in [0.4, 0.5) is 0 Å². The molecule has 1 N–H and O–H groups in total. The van der Waals surface area contributed by atoms with Crippen molar-refractivity contribution in [2.24, 2.45) is 0 Å². The average Bonchev–Trinajstić information content (AvgIpc) is 3.02. The third kappa shape index (κ3) is 5.83. The Hall–Kier alpha value is -3.19. The van der Waals surface area contributed by atoms with E-state index in [1.807, 2.05) is 32.9 Å². The van der Waals surface area contributed by atoms with E-state index >= 15 is 0 Å². The van der Waals surface area contributed by atoms with Gasteiger partial charge in [-0.2, -0.15) is 0 Å². The van der Waals surface area contributed by atoms with E-state index in [9.17, 15) is 19.2 Å². The molecular formula is C26H30ClN3O4. The SMILES string of the molecule is CC(C(=O)NC(C)(C)C)N(Cc1ccccc1Cl)C(=O)CCCN1C(=O)c2ccccc2C1=O. The first-order valence-corrected chi connectivity index (χ1v) is 11.7. The smallest absolute Gasteiger partial charge is 0.261 e. The van der Waals surface area contributed by atoms with Crippen molar-refractivity contribution < 1.29 is 19.2 Å². The molecule has 0 radical (unpaired) electrons. The number of amides is 4. The summed E-state index contributed by atoms with van der Waals surface area (Å²) in [7, 11) is 0. The zero-order chi connectivity index (χ0) is 25.0. The largest absolute Gasteiger partial charge is 0.350 e. The highest BCUT2D eigenvalue weighted by atomic mass is 35.5. The van der Waals surface area contributed by atoms with Crippen LogP contribution in [0, 0.1) is 0 Å². The van der Waals surface area contributed by atoms with Crippen molar-refractivity contribution in [1.29, 1.82) is 0 Å². The van der Waals surface area contributed by atoms with E-state index in [-0.39, 0.29) is 49.6 Å². The molecule has 0 aromatic heterocycles. The molecule has 180 valence electrons. The fraction of sp³-hybridized carbons (Fsp3) is 0.385. The van der Waals surface area contributed by atoms with Crippen molar-refractivity contribution in [2.45, 2.75) is 58.7 Å². The third-order valence-electron chi connectivity index (χ3n) is 5.61. The Balaban J connectivity index is 1.70. The maximum atomic E-state index is 13.2. The molecule has 2 aromatic rings. The standard InChI is InChI=1S/C26H30ClN3O4/c1-17(23(32)28-26(2,3)4)30(16-18-10-5-8-13-21(18)27)22(31)14-9-15-29-24(33)19-11-6-7-12-20(19)25(29)34/h5-8,10-13,17H,9,14-16H2,1-4H3,(H,28,32). The first-order valence-electron chi connectivity index (χ1n) is 11.3. The van der Waals surface area contributed by atoms with Crippen LogP contribution in [0.5, 0.6) is 0 Å². The monoisotopic (exact) mass is 483 g/mol. The van der Waals surface area contributed by atoms with Crippen LogP contribution >= 0.6 is 11.6 Å². The second kappa shape index (κ2) is 10.4. The molecule has 0 fully saturated rings. The van der Waals surface area contributed by atoms with Crippen LogP contribution in [0.2, 0.25) is 5.02 Å². The molecule has 1 atom stereocenters. The van der Waals surface area contributed by atoms with Gasteiger partial charge < -0.3 is 10.2 Å². The number of benzene rings is 2. The molecule has 0 saturated carbocycles. The number of hydrogen-bond donors (Lipinski definition) is 1. The van der Waals surface area contributed by atoms with E-state index in [2.05, 4.69) is 5.32 Å². The highest BCUT2D eigenvalue weighted by Gasteiger charge is 2.35. The zero-order valence-corrected chi connectivity index (χ0v) is 20.7. The number of imide groups is 1. The summed E-state index contributed by atoms with van der Waals surface area (Å²) in [5.74, 6) is -1.22. The lowest BCUT2D eigenvalue weighted by Gasteiger charge is -2.32. The zero-order valence-electron chi connectivity index (χ0n) is 19.9. The van der Waals surface area contributed by atoms with Crippen molar-refractivity contribution >= 4 is 35.2 Å². The lowest BCUT2D eigenvalue weighted by Crippen LogP contribution is -2.52. The molecule has 0 bridgehead atoms. The number of hydrogen-bond acceptors (Lipinski definition) is 4. The molecule has 8 heteroatoms. The van der Waals surface area contributed by atoms with Gasteiger partial charge in [-0.3, -0.25) is 24.1 Å². The van der Waals surface area contributed by atoms with Crippen molar-refractivity contribution in [3.8, 4) is 0 Å². The van der Waals surface area contributed by atoms with Gasteiger partial charge in [0.05, 0.1) is 11.1 Å². The van der Waals surface area contributed by atoms with Gasteiger partial charge in [-0.25, -0.2) is 0 Å². The molecule has 1 unspecified atom stereocenters. The van der Waals surface area contributed by atoms with Gasteiger partial charge in [0.1, 0.15) is 6.04 Å². The quantitative estimate of drug-likeness (QED) is 0.574. The first kappa shape index (κ1) is 25.4. The third-order valence-corrected chi connectivity index (χ3v) is 5.98. The van der Waals surface area contributed by atoms with Gasteiger partial charge >= 0.3 is 0 Å². The topological polar surface area (TPSA) is 86.8 Å². The Bertz CT molecular complexity index is 1070. The van der Waals surface area contributed by atoms with E-state index in [4.69, 9.17) is 11.6 Å². The Morgan fingerprint density at radius 2 is 1.56 bits per heavy atom. The number of fused-ring (bicyclic) bond motifs is 1. The second-order valence-corrected chi connectivity index (χ2v) is 9.85. The molecule has 1 aliphatic heterocycles. The van der Waals surface area contributed by atoms with E-state index in [0.29, 0.717) is 16.1 Å². The van der Waals surface area contributed by atoms with Gasteiger partial charge in [0.15, 0.2) is 0 Å². The number of halogens is 1. The Morgan fingerprint density at radius 1 is 1.00 bits per heavy atom. The van der Waals surface area contributed by atoms with Gasteiger partial charge in [0.2, 0.25) is 11.8 Å². The molecule has 1 aliphatic rings. The van der Waals surface area contributed by atoms with Crippen LogP contribution in [-0.2, 0) is 16.1 Å². The molecule has 34 heavy (non-hydrogen) atoms. The van der Waals surface area contributed by atoms with Crippen LogP contribution in [0.25, 0.3) is 0 Å². The molecule has 4 amide bonds. The second-order valence-electron chi connectivity index (χ2n) is 9.44. The number of rotatable bonds is 8. The molecule has 0 spiro atoms. The molecule has 2 aromatic carbocycles. The molecule has 0 saturated heterocycles. The maximum absolute atomic E-state index is 13.2. The van der Waals surface area contributed by atoms with Crippen LogP contribution in [-0.4, -0.2) is 51.6 Å². The summed E-state index contributed by atoms with van der Waals surface area (Å²) in [4.78, 5) is 53.9. The summed E-state index contributed by atoms with van der Waals surface area (Å²) in [6.07, 6.45) is 0.363.